The van der Waals surface area contributed by atoms with Crippen molar-refractivity contribution < 1.29 is 14.7 Å². The third kappa shape index (κ3) is 1.87. The van der Waals surface area contributed by atoms with E-state index in [1.807, 2.05) is 13.8 Å². The molecule has 1 aromatic rings. The molecular formula is C13H13NO3. The molecule has 4 nitrogen and oxygen atoms in total. The average molecular weight is 231 g/mol. The van der Waals surface area contributed by atoms with Gasteiger partial charge >= 0.3 is 5.97 Å². The number of hydrogen-bond donors (Lipinski definition) is 1. The van der Waals surface area contributed by atoms with Gasteiger partial charge in [0.05, 0.1) is 11.1 Å². The summed E-state index contributed by atoms with van der Waals surface area (Å²) < 4.78 is 0. The molecule has 0 heterocycles. The first-order valence-corrected chi connectivity index (χ1v) is 5.44. The highest BCUT2D eigenvalue weighted by Crippen LogP contribution is 2.50. The van der Waals surface area contributed by atoms with Gasteiger partial charge in [0, 0.05) is 0 Å². The van der Waals surface area contributed by atoms with Crippen LogP contribution >= 0.6 is 0 Å². The topological polar surface area (TPSA) is 66.7 Å². The van der Waals surface area contributed by atoms with E-state index < -0.39 is 11.5 Å². The molecule has 0 amide bonds. The first-order valence-electron chi connectivity index (χ1n) is 5.44. The van der Waals surface area contributed by atoms with Crippen LogP contribution in [0.25, 0.3) is 0 Å². The van der Waals surface area contributed by atoms with Gasteiger partial charge in [0.15, 0.2) is 0 Å². The van der Waals surface area contributed by atoms with Crippen LogP contribution in [0, 0.1) is 13.8 Å². The van der Waals surface area contributed by atoms with Gasteiger partial charge in [0.2, 0.25) is 6.08 Å². The largest absolute Gasteiger partial charge is 0.478 e. The van der Waals surface area contributed by atoms with Crippen LogP contribution in [0.2, 0.25) is 0 Å². The van der Waals surface area contributed by atoms with Crippen LogP contribution < -0.4 is 0 Å². The quantitative estimate of drug-likeness (QED) is 0.641. The molecule has 2 rings (SSSR count). The summed E-state index contributed by atoms with van der Waals surface area (Å²) in [6, 6.07) is 3.26. The zero-order valence-electron chi connectivity index (χ0n) is 9.78. The predicted molar refractivity (Wildman–Crippen MR) is 61.9 cm³/mol. The van der Waals surface area contributed by atoms with Crippen molar-refractivity contribution in [2.45, 2.75) is 32.2 Å². The van der Waals surface area contributed by atoms with Crippen LogP contribution in [-0.2, 0) is 10.3 Å². The molecule has 0 atom stereocenters. The third-order valence-corrected chi connectivity index (χ3v) is 3.40. The zero-order chi connectivity index (χ0) is 12.6. The number of aromatic carboxylic acids is 1. The van der Waals surface area contributed by atoms with Crippen LogP contribution in [-0.4, -0.2) is 17.2 Å². The lowest BCUT2D eigenvalue weighted by Crippen LogP contribution is -2.09. The molecule has 1 N–H and O–H groups in total. The van der Waals surface area contributed by atoms with Gasteiger partial charge in [-0.3, -0.25) is 0 Å². The number of hydrogen-bond acceptors (Lipinski definition) is 3. The Morgan fingerprint density at radius 3 is 2.53 bits per heavy atom. The Labute approximate surface area is 99.0 Å². The van der Waals surface area contributed by atoms with Crippen molar-refractivity contribution in [1.82, 2.24) is 0 Å². The number of carbonyl (C=O) groups is 1. The molecule has 1 saturated carbocycles. The lowest BCUT2D eigenvalue weighted by atomic mass is 9.93. The summed E-state index contributed by atoms with van der Waals surface area (Å²) >= 11 is 0. The summed E-state index contributed by atoms with van der Waals surface area (Å²) in [6.45, 7) is 3.79. The zero-order valence-corrected chi connectivity index (χ0v) is 9.78. The Morgan fingerprint density at radius 2 is 2.06 bits per heavy atom. The van der Waals surface area contributed by atoms with Crippen LogP contribution in [0.1, 0.15) is 39.9 Å². The molecule has 0 spiro atoms. The monoisotopic (exact) mass is 231 g/mol. The molecule has 1 aliphatic rings. The molecule has 0 bridgehead atoms. The molecule has 1 fully saturated rings. The smallest absolute Gasteiger partial charge is 0.335 e. The second-order valence-electron chi connectivity index (χ2n) is 4.51. The number of carboxylic acids is 1. The van der Waals surface area contributed by atoms with Crippen LogP contribution in [0.5, 0.6) is 0 Å². The average Bonchev–Trinajstić information content (AvgIpc) is 3.03. The molecule has 0 unspecified atom stereocenters. The van der Waals surface area contributed by atoms with E-state index in [9.17, 15) is 9.59 Å². The van der Waals surface area contributed by atoms with Crippen molar-refractivity contribution in [2.75, 3.05) is 0 Å². The highest BCUT2D eigenvalue weighted by molar-refractivity contribution is 5.88. The Kier molecular flexibility index (Phi) is 2.60. The van der Waals surface area contributed by atoms with Gasteiger partial charge in [-0.05, 0) is 55.5 Å². The van der Waals surface area contributed by atoms with Gasteiger partial charge in [0.1, 0.15) is 0 Å². The minimum absolute atomic E-state index is 0.246. The van der Waals surface area contributed by atoms with E-state index >= 15 is 0 Å². The van der Waals surface area contributed by atoms with Gasteiger partial charge in [0.25, 0.3) is 0 Å². The predicted octanol–water partition coefficient (Wildman–Crippen LogP) is 2.33. The number of isocyanates is 1. The van der Waals surface area contributed by atoms with Gasteiger partial charge < -0.3 is 5.11 Å². The summed E-state index contributed by atoms with van der Waals surface area (Å²) in [6.07, 6.45) is 3.16. The second-order valence-corrected chi connectivity index (χ2v) is 4.51. The Hall–Kier alpha value is -1.93. The Morgan fingerprint density at radius 1 is 1.41 bits per heavy atom. The number of carboxylic acid groups (broad SMARTS) is 1. The molecule has 0 aliphatic heterocycles. The molecule has 4 heteroatoms. The van der Waals surface area contributed by atoms with Crippen molar-refractivity contribution >= 4 is 12.0 Å². The van der Waals surface area contributed by atoms with E-state index in [4.69, 9.17) is 5.11 Å². The first-order chi connectivity index (χ1) is 8.00. The van der Waals surface area contributed by atoms with Crippen LogP contribution in [0.4, 0.5) is 0 Å². The molecule has 0 radical (unpaired) electrons. The maximum atomic E-state index is 11.0. The molecule has 17 heavy (non-hydrogen) atoms. The SMILES string of the molecule is Cc1cc(C(=O)O)cc(C2(N=C=O)CC2)c1C. The van der Waals surface area contributed by atoms with Crippen LogP contribution in [0.15, 0.2) is 17.1 Å². The molecule has 1 aromatic carbocycles. The number of rotatable bonds is 3. The van der Waals surface area contributed by atoms with Gasteiger partial charge in [-0.2, -0.15) is 4.99 Å². The number of nitrogens with zero attached hydrogens (tertiary/aromatic N) is 1. The summed E-state index contributed by atoms with van der Waals surface area (Å²) in [5.41, 5.74) is 2.50. The van der Waals surface area contributed by atoms with Crippen molar-refractivity contribution in [2.24, 2.45) is 4.99 Å². The second kappa shape index (κ2) is 3.82. The lowest BCUT2D eigenvalue weighted by Gasteiger charge is -2.15. The number of aryl methyl sites for hydroxylation is 1. The van der Waals surface area contributed by atoms with E-state index in [1.54, 1.807) is 18.2 Å². The van der Waals surface area contributed by atoms with E-state index in [1.165, 1.54) is 0 Å². The van der Waals surface area contributed by atoms with E-state index in [2.05, 4.69) is 4.99 Å². The molecule has 0 saturated heterocycles. The maximum Gasteiger partial charge on any atom is 0.335 e. The number of aliphatic imine (C=N–C) groups is 1. The highest BCUT2D eigenvalue weighted by atomic mass is 16.4. The van der Waals surface area contributed by atoms with Crippen LogP contribution in [0.3, 0.4) is 0 Å². The summed E-state index contributed by atoms with van der Waals surface area (Å²) in [4.78, 5) is 25.3. The number of benzene rings is 1. The number of carbonyl (C=O) groups excluding carboxylic acids is 1. The van der Waals surface area contributed by atoms with Crippen molar-refractivity contribution in [3.8, 4) is 0 Å². The first kappa shape index (κ1) is 11.6. The minimum Gasteiger partial charge on any atom is -0.478 e. The minimum atomic E-state index is -0.958. The fourth-order valence-electron chi connectivity index (χ4n) is 2.11. The van der Waals surface area contributed by atoms with Crippen molar-refractivity contribution in [3.05, 3.63) is 34.4 Å². The molecule has 88 valence electrons. The molecular weight excluding hydrogens is 218 g/mol. The summed E-state index contributed by atoms with van der Waals surface area (Å²) in [7, 11) is 0. The lowest BCUT2D eigenvalue weighted by molar-refractivity contribution is 0.0696. The van der Waals surface area contributed by atoms with E-state index in [0.717, 1.165) is 29.5 Å². The summed E-state index contributed by atoms with van der Waals surface area (Å²) in [5, 5.41) is 9.03. The standard InChI is InChI=1S/C13H13NO3/c1-8-5-10(12(16)17)6-11(9(8)2)13(3-4-13)14-7-15/h5-6H,3-4H2,1-2H3,(H,16,17). The fourth-order valence-corrected chi connectivity index (χ4v) is 2.11. The summed E-state index contributed by atoms with van der Waals surface area (Å²) in [5.74, 6) is -0.958. The molecule has 1 aliphatic carbocycles. The van der Waals surface area contributed by atoms with Gasteiger partial charge in [-0.15, -0.1) is 0 Å². The van der Waals surface area contributed by atoms with Crippen molar-refractivity contribution in [3.63, 3.8) is 0 Å². The molecule has 0 aromatic heterocycles. The highest BCUT2D eigenvalue weighted by Gasteiger charge is 2.46. The van der Waals surface area contributed by atoms with Crippen molar-refractivity contribution in [1.29, 1.82) is 0 Å². The maximum absolute atomic E-state index is 11.0. The Bertz CT molecular complexity index is 538. The van der Waals surface area contributed by atoms with E-state index in [-0.39, 0.29) is 5.56 Å². The fraction of sp³-hybridized carbons (Fsp3) is 0.385. The Balaban J connectivity index is 2.61. The third-order valence-electron chi connectivity index (χ3n) is 3.40. The van der Waals surface area contributed by atoms with E-state index in [0.29, 0.717) is 0 Å². The van der Waals surface area contributed by atoms with Gasteiger partial charge in [-0.25, -0.2) is 9.59 Å². The normalized spacial score (nSPS) is 16.1. The van der Waals surface area contributed by atoms with Gasteiger partial charge in [-0.1, -0.05) is 0 Å².